The van der Waals surface area contributed by atoms with Gasteiger partial charge in [-0.3, -0.25) is 5.84 Å². The monoisotopic (exact) mass is 118 g/mol. The van der Waals surface area contributed by atoms with Gasteiger partial charge in [-0.1, -0.05) is 13.3 Å². The van der Waals surface area contributed by atoms with Crippen LogP contribution >= 0.6 is 0 Å². The van der Waals surface area contributed by atoms with Crippen molar-refractivity contribution >= 4 is 0 Å². The van der Waals surface area contributed by atoms with Crippen molar-refractivity contribution in [1.82, 2.24) is 5.43 Å². The van der Waals surface area contributed by atoms with Crippen molar-refractivity contribution in [3.05, 3.63) is 0 Å². The van der Waals surface area contributed by atoms with Gasteiger partial charge in [-0.15, -0.1) is 0 Å². The summed E-state index contributed by atoms with van der Waals surface area (Å²) in [5, 5.41) is 9.09. The summed E-state index contributed by atoms with van der Waals surface area (Å²) < 4.78 is 0. The van der Waals surface area contributed by atoms with Crippen molar-refractivity contribution in [3.8, 4) is 0 Å². The Labute approximate surface area is 49.9 Å². The molecule has 0 aromatic rings. The Balaban J connectivity index is 3.37. The second-order valence-corrected chi connectivity index (χ2v) is 2.17. The predicted octanol–water partition coefficient (Wildman–Crippen LogP) is -0.0417. The summed E-state index contributed by atoms with van der Waals surface area (Å²) in [6.07, 6.45) is 1.61. The second-order valence-electron chi connectivity index (χ2n) is 2.17. The van der Waals surface area contributed by atoms with Gasteiger partial charge in [0, 0.05) is 0 Å². The summed E-state index contributed by atoms with van der Waals surface area (Å²) in [4.78, 5) is 0. The molecule has 0 amide bonds. The van der Waals surface area contributed by atoms with Crippen molar-refractivity contribution in [2.45, 2.75) is 32.4 Å². The number of nitrogens with one attached hydrogen (secondary N) is 1. The van der Waals surface area contributed by atoms with E-state index in [1.807, 2.05) is 6.92 Å². The average molecular weight is 118 g/mol. The van der Waals surface area contributed by atoms with Crippen molar-refractivity contribution < 1.29 is 5.11 Å². The second kappa shape index (κ2) is 3.02. The Morgan fingerprint density at radius 3 is 2.38 bits per heavy atom. The number of aliphatic hydroxyl groups is 1. The minimum atomic E-state index is -0.880. The van der Waals surface area contributed by atoms with Gasteiger partial charge in [0.1, 0.15) is 5.72 Å². The maximum atomic E-state index is 9.09. The first-order chi connectivity index (χ1) is 3.62. The van der Waals surface area contributed by atoms with Crippen LogP contribution in [-0.2, 0) is 0 Å². The van der Waals surface area contributed by atoms with Gasteiger partial charge in [-0.2, -0.15) is 0 Å². The fourth-order valence-electron chi connectivity index (χ4n) is 0.559. The zero-order chi connectivity index (χ0) is 6.62. The molecule has 0 bridgehead atoms. The first kappa shape index (κ1) is 7.88. The normalized spacial score (nSPS) is 18.0. The minimum absolute atomic E-state index is 0.684. The SMILES string of the molecule is CCCC(C)(O)NN. The Morgan fingerprint density at radius 1 is 1.75 bits per heavy atom. The molecular formula is C5H14N2O. The van der Waals surface area contributed by atoms with Crippen LogP contribution in [0.25, 0.3) is 0 Å². The van der Waals surface area contributed by atoms with Crippen molar-refractivity contribution in [3.63, 3.8) is 0 Å². The van der Waals surface area contributed by atoms with Crippen LogP contribution in [0.3, 0.4) is 0 Å². The molecule has 0 aliphatic carbocycles. The van der Waals surface area contributed by atoms with E-state index in [4.69, 9.17) is 10.9 Å². The van der Waals surface area contributed by atoms with E-state index in [0.717, 1.165) is 6.42 Å². The Morgan fingerprint density at radius 2 is 2.25 bits per heavy atom. The van der Waals surface area contributed by atoms with E-state index < -0.39 is 5.72 Å². The molecule has 50 valence electrons. The fourth-order valence-corrected chi connectivity index (χ4v) is 0.559. The molecule has 0 saturated heterocycles. The third kappa shape index (κ3) is 2.96. The van der Waals surface area contributed by atoms with Crippen LogP contribution in [0.4, 0.5) is 0 Å². The maximum Gasteiger partial charge on any atom is 0.125 e. The quantitative estimate of drug-likeness (QED) is 0.277. The first-order valence-electron chi connectivity index (χ1n) is 2.82. The molecule has 0 heterocycles. The van der Waals surface area contributed by atoms with Crippen molar-refractivity contribution in [2.24, 2.45) is 5.84 Å². The molecule has 3 nitrogen and oxygen atoms in total. The molecule has 0 rings (SSSR count). The van der Waals surface area contributed by atoms with E-state index in [2.05, 4.69) is 5.43 Å². The lowest BCUT2D eigenvalue weighted by atomic mass is 10.1. The van der Waals surface area contributed by atoms with Crippen LogP contribution in [0.15, 0.2) is 0 Å². The molecule has 1 atom stereocenters. The molecule has 0 saturated carbocycles. The molecule has 0 aromatic heterocycles. The van der Waals surface area contributed by atoms with Crippen LogP contribution < -0.4 is 11.3 Å². The van der Waals surface area contributed by atoms with Crippen LogP contribution in [0.2, 0.25) is 0 Å². The standard InChI is InChI=1S/C5H14N2O/c1-3-4-5(2,8)7-6/h7-8H,3-4,6H2,1-2H3. The van der Waals surface area contributed by atoms with Crippen LogP contribution in [0.5, 0.6) is 0 Å². The number of hydrogen-bond donors (Lipinski definition) is 3. The highest BCUT2D eigenvalue weighted by Crippen LogP contribution is 2.04. The summed E-state index contributed by atoms with van der Waals surface area (Å²) in [6, 6.07) is 0. The van der Waals surface area contributed by atoms with Crippen LogP contribution in [0, 0.1) is 0 Å². The van der Waals surface area contributed by atoms with E-state index in [0.29, 0.717) is 6.42 Å². The van der Waals surface area contributed by atoms with Crippen LogP contribution in [-0.4, -0.2) is 10.8 Å². The largest absolute Gasteiger partial charge is 0.375 e. The van der Waals surface area contributed by atoms with Gasteiger partial charge in [-0.25, -0.2) is 5.43 Å². The summed E-state index contributed by atoms with van der Waals surface area (Å²) >= 11 is 0. The number of rotatable bonds is 3. The smallest absolute Gasteiger partial charge is 0.125 e. The van der Waals surface area contributed by atoms with E-state index in [1.165, 1.54) is 0 Å². The van der Waals surface area contributed by atoms with Gasteiger partial charge in [0.05, 0.1) is 0 Å². The van der Waals surface area contributed by atoms with E-state index >= 15 is 0 Å². The van der Waals surface area contributed by atoms with E-state index in [-0.39, 0.29) is 0 Å². The third-order valence-corrected chi connectivity index (χ3v) is 1.05. The predicted molar refractivity (Wildman–Crippen MR) is 32.9 cm³/mol. The lowest BCUT2D eigenvalue weighted by molar-refractivity contribution is 0.0151. The Hall–Kier alpha value is -0.120. The van der Waals surface area contributed by atoms with Crippen molar-refractivity contribution in [1.29, 1.82) is 0 Å². The molecule has 4 N–H and O–H groups in total. The first-order valence-corrected chi connectivity index (χ1v) is 2.82. The van der Waals surface area contributed by atoms with Crippen molar-refractivity contribution in [2.75, 3.05) is 0 Å². The summed E-state index contributed by atoms with van der Waals surface area (Å²) in [6.45, 7) is 3.64. The van der Waals surface area contributed by atoms with Gasteiger partial charge >= 0.3 is 0 Å². The topological polar surface area (TPSA) is 58.3 Å². The molecule has 0 fully saturated rings. The number of nitrogens with two attached hydrogens (primary N) is 1. The van der Waals surface area contributed by atoms with E-state index in [9.17, 15) is 0 Å². The summed E-state index contributed by atoms with van der Waals surface area (Å²) in [5.41, 5.74) is 1.42. The third-order valence-electron chi connectivity index (χ3n) is 1.05. The van der Waals surface area contributed by atoms with Crippen LogP contribution in [0.1, 0.15) is 26.7 Å². The number of hydrazine groups is 1. The molecule has 1 unspecified atom stereocenters. The van der Waals surface area contributed by atoms with Gasteiger partial charge in [-0.05, 0) is 13.3 Å². The molecule has 8 heavy (non-hydrogen) atoms. The Kier molecular flexibility index (Phi) is 2.97. The summed E-state index contributed by atoms with van der Waals surface area (Å²) in [7, 11) is 0. The lowest BCUT2D eigenvalue weighted by Crippen LogP contribution is -2.46. The number of hydrogen-bond acceptors (Lipinski definition) is 3. The molecule has 0 spiro atoms. The maximum absolute atomic E-state index is 9.09. The highest BCUT2D eigenvalue weighted by atomic mass is 16.3. The summed E-state index contributed by atoms with van der Waals surface area (Å²) in [5.74, 6) is 4.99. The molecular weight excluding hydrogens is 104 g/mol. The molecule has 0 aromatic carbocycles. The van der Waals surface area contributed by atoms with Gasteiger partial charge in [0.15, 0.2) is 0 Å². The Bertz CT molecular complexity index is 63.4. The highest BCUT2D eigenvalue weighted by molar-refractivity contribution is 4.62. The van der Waals surface area contributed by atoms with Gasteiger partial charge in [0.2, 0.25) is 0 Å². The van der Waals surface area contributed by atoms with Gasteiger partial charge < -0.3 is 5.11 Å². The molecule has 0 aliphatic rings. The molecule has 3 heteroatoms. The van der Waals surface area contributed by atoms with E-state index in [1.54, 1.807) is 6.92 Å². The zero-order valence-electron chi connectivity index (χ0n) is 5.44. The van der Waals surface area contributed by atoms with Gasteiger partial charge in [0.25, 0.3) is 0 Å². The average Bonchev–Trinajstić information content (AvgIpc) is 1.67. The lowest BCUT2D eigenvalue weighted by Gasteiger charge is -2.20. The molecule has 0 radical (unpaired) electrons. The fraction of sp³-hybridized carbons (Fsp3) is 1.00. The minimum Gasteiger partial charge on any atom is -0.375 e. The molecule has 0 aliphatic heterocycles. The highest BCUT2D eigenvalue weighted by Gasteiger charge is 2.14. The zero-order valence-corrected chi connectivity index (χ0v) is 5.44.